The Kier molecular flexibility index (Phi) is 6.09. The minimum absolute atomic E-state index is 0.736. The molecule has 0 N–H and O–H groups in total. The molecule has 4 nitrogen and oxygen atoms in total. The van der Waals surface area contributed by atoms with Crippen molar-refractivity contribution in [3.05, 3.63) is 170 Å². The van der Waals surface area contributed by atoms with E-state index in [4.69, 9.17) is 9.97 Å². The first-order valence-electron chi connectivity index (χ1n) is 17.2. The summed E-state index contributed by atoms with van der Waals surface area (Å²) >= 11 is 1.76. The summed E-state index contributed by atoms with van der Waals surface area (Å²) in [5, 5.41) is 6.11. The van der Waals surface area contributed by atoms with Crippen LogP contribution in [0.2, 0.25) is 0 Å². The lowest BCUT2D eigenvalue weighted by atomic mass is 10.1. The van der Waals surface area contributed by atoms with E-state index in [0.717, 1.165) is 49.6 Å². The molecule has 0 unspecified atom stereocenters. The molecule has 0 aliphatic heterocycles. The largest absolute Gasteiger partial charge is 0.309 e. The zero-order chi connectivity index (χ0) is 33.5. The predicted molar refractivity (Wildman–Crippen MR) is 214 cm³/mol. The maximum absolute atomic E-state index is 5.30. The summed E-state index contributed by atoms with van der Waals surface area (Å²) in [6.45, 7) is 0. The van der Waals surface area contributed by atoms with E-state index in [9.17, 15) is 0 Å². The first kappa shape index (κ1) is 28.3. The molecule has 0 aliphatic carbocycles. The average molecular weight is 669 g/mol. The van der Waals surface area contributed by atoms with Gasteiger partial charge in [-0.25, -0.2) is 9.97 Å². The van der Waals surface area contributed by atoms with Gasteiger partial charge in [0.25, 0.3) is 0 Å². The van der Waals surface area contributed by atoms with E-state index >= 15 is 0 Å². The normalized spacial score (nSPS) is 11.9. The van der Waals surface area contributed by atoms with Gasteiger partial charge in [0, 0.05) is 54.1 Å². The molecule has 0 bridgehead atoms. The van der Waals surface area contributed by atoms with Gasteiger partial charge < -0.3 is 9.13 Å². The van der Waals surface area contributed by atoms with E-state index in [0.29, 0.717) is 0 Å². The Hall–Kier alpha value is -6.56. The molecule has 0 saturated heterocycles. The average Bonchev–Trinajstić information content (AvgIpc) is 3.86. The molecule has 0 radical (unpaired) electrons. The predicted octanol–water partition coefficient (Wildman–Crippen LogP) is 12.4. The van der Waals surface area contributed by atoms with Crippen LogP contribution in [0.15, 0.2) is 170 Å². The van der Waals surface area contributed by atoms with Crippen molar-refractivity contribution in [2.24, 2.45) is 0 Å². The summed E-state index contributed by atoms with van der Waals surface area (Å²) < 4.78 is 7.17. The fourth-order valence-corrected chi connectivity index (χ4v) is 9.08. The standard InChI is InChI=1S/C46H28N4S/c1-3-14-29(15-4-1)46-47-42(45-43(48-46)36-22-9-12-25-40(36)51-45)30-16-13-19-32(28-30)50-37-23-10-7-20-33(37)34-26-27-39-41(44(34)50)35-21-8-11-24-38(35)49(39)31-17-5-2-6-18-31/h1-28H. The van der Waals surface area contributed by atoms with E-state index < -0.39 is 0 Å². The van der Waals surface area contributed by atoms with Gasteiger partial charge in [0.15, 0.2) is 5.82 Å². The van der Waals surface area contributed by atoms with Gasteiger partial charge in [-0.3, -0.25) is 0 Å². The Bertz CT molecular complexity index is 3130. The molecule has 5 heteroatoms. The fourth-order valence-electron chi connectivity index (χ4n) is 7.93. The number of nitrogens with zero attached hydrogens (tertiary/aromatic N) is 4. The van der Waals surface area contributed by atoms with Crippen LogP contribution in [0.5, 0.6) is 0 Å². The van der Waals surface area contributed by atoms with Gasteiger partial charge in [0.2, 0.25) is 0 Å². The molecule has 0 atom stereocenters. The van der Waals surface area contributed by atoms with E-state index in [2.05, 4.69) is 161 Å². The van der Waals surface area contributed by atoms with E-state index in [1.165, 1.54) is 48.3 Å². The van der Waals surface area contributed by atoms with E-state index in [1.54, 1.807) is 11.3 Å². The first-order chi connectivity index (χ1) is 25.3. The Morgan fingerprint density at radius 3 is 1.90 bits per heavy atom. The number of hydrogen-bond donors (Lipinski definition) is 0. The zero-order valence-corrected chi connectivity index (χ0v) is 28.2. The highest BCUT2D eigenvalue weighted by atomic mass is 32.1. The third-order valence-electron chi connectivity index (χ3n) is 10.1. The molecule has 0 saturated carbocycles. The molecular formula is C46H28N4S. The van der Waals surface area contributed by atoms with Gasteiger partial charge in [-0.1, -0.05) is 121 Å². The molecule has 0 aliphatic rings. The van der Waals surface area contributed by atoms with Crippen LogP contribution in [0.25, 0.3) is 97.9 Å². The van der Waals surface area contributed by atoms with Crippen molar-refractivity contribution in [1.82, 2.24) is 19.1 Å². The smallest absolute Gasteiger partial charge is 0.160 e. The van der Waals surface area contributed by atoms with Crippen LogP contribution < -0.4 is 0 Å². The molecule has 51 heavy (non-hydrogen) atoms. The highest BCUT2D eigenvalue weighted by molar-refractivity contribution is 7.26. The minimum Gasteiger partial charge on any atom is -0.309 e. The highest BCUT2D eigenvalue weighted by Crippen LogP contribution is 2.43. The van der Waals surface area contributed by atoms with Crippen molar-refractivity contribution in [2.45, 2.75) is 0 Å². The van der Waals surface area contributed by atoms with Crippen LogP contribution in [-0.4, -0.2) is 19.1 Å². The molecule has 4 heterocycles. The Morgan fingerprint density at radius 2 is 1.08 bits per heavy atom. The molecule has 238 valence electrons. The molecule has 11 rings (SSSR count). The van der Waals surface area contributed by atoms with Crippen molar-refractivity contribution < 1.29 is 0 Å². The Balaban J connectivity index is 1.23. The Labute approximate surface area is 297 Å². The maximum Gasteiger partial charge on any atom is 0.160 e. The van der Waals surface area contributed by atoms with Crippen LogP contribution >= 0.6 is 11.3 Å². The van der Waals surface area contributed by atoms with E-state index in [1.807, 2.05) is 18.2 Å². The number of aromatic nitrogens is 4. The second kappa shape index (κ2) is 11.0. The van der Waals surface area contributed by atoms with Gasteiger partial charge >= 0.3 is 0 Å². The van der Waals surface area contributed by atoms with Crippen molar-refractivity contribution >= 4 is 75.3 Å². The SMILES string of the molecule is c1ccc(-c2nc(-c3cccc(-n4c5ccccc5c5ccc6c(c7ccccc7n6-c6ccccc6)c54)c3)c3sc4ccccc4c3n2)cc1. The van der Waals surface area contributed by atoms with Crippen LogP contribution in [0.1, 0.15) is 0 Å². The van der Waals surface area contributed by atoms with E-state index in [-0.39, 0.29) is 0 Å². The number of rotatable bonds is 4. The first-order valence-corrected chi connectivity index (χ1v) is 18.0. The lowest BCUT2D eigenvalue weighted by molar-refractivity contribution is 1.17. The van der Waals surface area contributed by atoms with Crippen LogP contribution in [0, 0.1) is 0 Å². The molecule has 7 aromatic carbocycles. The molecule has 0 amide bonds. The molecule has 4 aromatic heterocycles. The summed E-state index contributed by atoms with van der Waals surface area (Å²) in [6, 6.07) is 60.6. The highest BCUT2D eigenvalue weighted by Gasteiger charge is 2.22. The number of hydrogen-bond acceptors (Lipinski definition) is 3. The number of benzene rings is 7. The van der Waals surface area contributed by atoms with Crippen molar-refractivity contribution in [2.75, 3.05) is 0 Å². The van der Waals surface area contributed by atoms with Gasteiger partial charge in [0.05, 0.1) is 38.0 Å². The second-order valence-corrected chi connectivity index (χ2v) is 14.0. The van der Waals surface area contributed by atoms with Crippen LogP contribution in [0.3, 0.4) is 0 Å². The summed E-state index contributed by atoms with van der Waals surface area (Å²) in [6.07, 6.45) is 0. The quantitative estimate of drug-likeness (QED) is 0.187. The number of fused-ring (bicyclic) bond motifs is 10. The number of thiophene rings is 1. The second-order valence-electron chi connectivity index (χ2n) is 13.0. The topological polar surface area (TPSA) is 35.6 Å². The fraction of sp³-hybridized carbons (Fsp3) is 0. The molecule has 0 fully saturated rings. The zero-order valence-electron chi connectivity index (χ0n) is 27.4. The van der Waals surface area contributed by atoms with Crippen LogP contribution in [0.4, 0.5) is 0 Å². The van der Waals surface area contributed by atoms with Gasteiger partial charge in [-0.05, 0) is 48.5 Å². The lowest BCUT2D eigenvalue weighted by Gasteiger charge is -2.12. The van der Waals surface area contributed by atoms with Gasteiger partial charge in [-0.15, -0.1) is 11.3 Å². The lowest BCUT2D eigenvalue weighted by Crippen LogP contribution is -1.97. The summed E-state index contributed by atoms with van der Waals surface area (Å²) in [5.41, 5.74) is 11.0. The van der Waals surface area contributed by atoms with Gasteiger partial charge in [0.1, 0.15) is 0 Å². The third kappa shape index (κ3) is 4.19. The monoisotopic (exact) mass is 668 g/mol. The Morgan fingerprint density at radius 1 is 0.431 bits per heavy atom. The number of para-hydroxylation sites is 3. The van der Waals surface area contributed by atoms with Crippen molar-refractivity contribution in [3.8, 4) is 34.0 Å². The molecular weight excluding hydrogens is 641 g/mol. The van der Waals surface area contributed by atoms with Crippen LogP contribution in [-0.2, 0) is 0 Å². The maximum atomic E-state index is 5.30. The van der Waals surface area contributed by atoms with Crippen molar-refractivity contribution in [1.29, 1.82) is 0 Å². The summed E-state index contributed by atoms with van der Waals surface area (Å²) in [7, 11) is 0. The van der Waals surface area contributed by atoms with Crippen molar-refractivity contribution in [3.63, 3.8) is 0 Å². The summed E-state index contributed by atoms with van der Waals surface area (Å²) in [4.78, 5) is 10.5. The van der Waals surface area contributed by atoms with Gasteiger partial charge in [-0.2, -0.15) is 0 Å². The minimum atomic E-state index is 0.736. The molecule has 0 spiro atoms. The summed E-state index contributed by atoms with van der Waals surface area (Å²) in [5.74, 6) is 0.736. The molecule has 11 aromatic rings. The third-order valence-corrected chi connectivity index (χ3v) is 11.3.